The van der Waals surface area contributed by atoms with E-state index < -0.39 is 5.82 Å². The summed E-state index contributed by atoms with van der Waals surface area (Å²) in [6.07, 6.45) is 2.81. The third-order valence-electron chi connectivity index (χ3n) is 2.58. The zero-order valence-corrected chi connectivity index (χ0v) is 10.9. The smallest absolute Gasteiger partial charge is 0.141 e. The fourth-order valence-electron chi connectivity index (χ4n) is 1.65. The summed E-state index contributed by atoms with van der Waals surface area (Å²) in [6.45, 7) is 3.77. The Morgan fingerprint density at radius 2 is 2.28 bits per heavy atom. The lowest BCUT2D eigenvalue weighted by atomic mass is 10.2. The van der Waals surface area contributed by atoms with Crippen molar-refractivity contribution in [3.8, 4) is 11.3 Å². The number of rotatable bonds is 5. The second-order valence-electron chi connectivity index (χ2n) is 4.05. The molecule has 2 N–H and O–H groups in total. The maximum atomic E-state index is 13.1. The zero-order chi connectivity index (χ0) is 13.0. The van der Waals surface area contributed by atoms with Gasteiger partial charge in [0.15, 0.2) is 0 Å². The molecule has 1 heterocycles. The second-order valence-corrected chi connectivity index (χ2v) is 4.46. The number of nitrogens with one attached hydrogen (secondary N) is 2. The monoisotopic (exact) mass is 267 g/mol. The molecule has 3 nitrogen and oxygen atoms in total. The van der Waals surface area contributed by atoms with Gasteiger partial charge in [0, 0.05) is 5.56 Å². The summed E-state index contributed by atoms with van der Waals surface area (Å²) in [6, 6.07) is 4.62. The fourth-order valence-corrected chi connectivity index (χ4v) is 1.83. The maximum absolute atomic E-state index is 13.1. The van der Waals surface area contributed by atoms with Gasteiger partial charge in [-0.3, -0.25) is 0 Å². The van der Waals surface area contributed by atoms with Gasteiger partial charge in [-0.15, -0.1) is 0 Å². The normalized spacial score (nSPS) is 10.8. The Morgan fingerprint density at radius 3 is 3.00 bits per heavy atom. The number of benzene rings is 1. The standard InChI is InChI=1S/C13H15ClFN3/c1-2-5-16-8-13-17-7-12(18-13)9-3-4-11(15)10(14)6-9/h3-4,6-7,16H,2,5,8H2,1H3,(H,17,18). The van der Waals surface area contributed by atoms with Crippen molar-refractivity contribution in [2.24, 2.45) is 0 Å². The first kappa shape index (κ1) is 13.1. The summed E-state index contributed by atoms with van der Waals surface area (Å²) < 4.78 is 13.1. The SMILES string of the molecule is CCCNCc1ncc(-c2ccc(F)c(Cl)c2)[nH]1. The van der Waals surface area contributed by atoms with E-state index in [9.17, 15) is 4.39 Å². The molecular weight excluding hydrogens is 253 g/mol. The molecule has 0 radical (unpaired) electrons. The molecule has 1 aromatic carbocycles. The first-order valence-corrected chi connectivity index (χ1v) is 6.28. The van der Waals surface area contributed by atoms with E-state index in [0.717, 1.165) is 30.0 Å². The summed E-state index contributed by atoms with van der Waals surface area (Å²) >= 11 is 5.75. The number of aromatic nitrogens is 2. The first-order chi connectivity index (χ1) is 8.70. The van der Waals surface area contributed by atoms with Gasteiger partial charge in [-0.2, -0.15) is 0 Å². The molecule has 5 heteroatoms. The Balaban J connectivity index is 2.11. The van der Waals surface area contributed by atoms with Crippen LogP contribution in [0.5, 0.6) is 0 Å². The van der Waals surface area contributed by atoms with E-state index in [-0.39, 0.29) is 5.02 Å². The van der Waals surface area contributed by atoms with Gasteiger partial charge in [0.1, 0.15) is 11.6 Å². The average Bonchev–Trinajstić information content (AvgIpc) is 2.82. The second kappa shape index (κ2) is 5.98. The van der Waals surface area contributed by atoms with Crippen LogP contribution in [-0.2, 0) is 6.54 Å². The van der Waals surface area contributed by atoms with Crippen LogP contribution >= 0.6 is 11.6 Å². The molecule has 2 rings (SSSR count). The molecule has 1 aromatic heterocycles. The minimum absolute atomic E-state index is 0.118. The molecule has 0 saturated carbocycles. The highest BCUT2D eigenvalue weighted by molar-refractivity contribution is 6.31. The van der Waals surface area contributed by atoms with E-state index in [0.29, 0.717) is 6.54 Å². The van der Waals surface area contributed by atoms with Crippen LogP contribution in [0.3, 0.4) is 0 Å². The largest absolute Gasteiger partial charge is 0.341 e. The van der Waals surface area contributed by atoms with E-state index in [1.165, 1.54) is 6.07 Å². The van der Waals surface area contributed by atoms with Gasteiger partial charge in [0.2, 0.25) is 0 Å². The lowest BCUT2D eigenvalue weighted by Gasteiger charge is -2.00. The molecule has 0 atom stereocenters. The highest BCUT2D eigenvalue weighted by Crippen LogP contribution is 2.23. The van der Waals surface area contributed by atoms with E-state index in [4.69, 9.17) is 11.6 Å². The van der Waals surface area contributed by atoms with Gasteiger partial charge in [-0.25, -0.2) is 9.37 Å². The van der Waals surface area contributed by atoms with Crippen molar-refractivity contribution in [1.29, 1.82) is 0 Å². The minimum Gasteiger partial charge on any atom is -0.341 e. The van der Waals surface area contributed by atoms with E-state index in [2.05, 4.69) is 22.2 Å². The van der Waals surface area contributed by atoms with Gasteiger partial charge in [0.05, 0.1) is 23.5 Å². The topological polar surface area (TPSA) is 40.7 Å². The van der Waals surface area contributed by atoms with Crippen molar-refractivity contribution in [2.75, 3.05) is 6.54 Å². The molecule has 0 aliphatic heterocycles. The van der Waals surface area contributed by atoms with Crippen LogP contribution in [0.4, 0.5) is 4.39 Å². The highest BCUT2D eigenvalue weighted by atomic mass is 35.5. The molecule has 0 aliphatic carbocycles. The first-order valence-electron chi connectivity index (χ1n) is 5.90. The molecule has 96 valence electrons. The van der Waals surface area contributed by atoms with E-state index in [1.54, 1.807) is 18.3 Å². The summed E-state index contributed by atoms with van der Waals surface area (Å²) in [5.74, 6) is 0.448. The van der Waals surface area contributed by atoms with Crippen LogP contribution in [0.2, 0.25) is 5.02 Å². The van der Waals surface area contributed by atoms with Crippen molar-refractivity contribution < 1.29 is 4.39 Å². The lowest BCUT2D eigenvalue weighted by Crippen LogP contribution is -2.14. The maximum Gasteiger partial charge on any atom is 0.141 e. The van der Waals surface area contributed by atoms with Gasteiger partial charge in [0.25, 0.3) is 0 Å². The molecule has 0 bridgehead atoms. The van der Waals surface area contributed by atoms with E-state index >= 15 is 0 Å². The minimum atomic E-state index is -0.412. The van der Waals surface area contributed by atoms with Crippen molar-refractivity contribution in [2.45, 2.75) is 19.9 Å². The number of nitrogens with zero attached hydrogens (tertiary/aromatic N) is 1. The third-order valence-corrected chi connectivity index (χ3v) is 2.87. The fraction of sp³-hybridized carbons (Fsp3) is 0.308. The van der Waals surface area contributed by atoms with Crippen LogP contribution in [0.1, 0.15) is 19.2 Å². The van der Waals surface area contributed by atoms with Crippen LogP contribution < -0.4 is 5.32 Å². The van der Waals surface area contributed by atoms with E-state index in [1.807, 2.05) is 0 Å². The molecular formula is C13H15ClFN3. The van der Waals surface area contributed by atoms with Gasteiger partial charge < -0.3 is 10.3 Å². The summed E-state index contributed by atoms with van der Waals surface area (Å²) in [5.41, 5.74) is 1.67. The average molecular weight is 268 g/mol. The van der Waals surface area contributed by atoms with Crippen molar-refractivity contribution in [1.82, 2.24) is 15.3 Å². The summed E-state index contributed by atoms with van der Waals surface area (Å²) in [5, 5.41) is 3.38. The highest BCUT2D eigenvalue weighted by Gasteiger charge is 2.06. The quantitative estimate of drug-likeness (QED) is 0.816. The Hall–Kier alpha value is -1.39. The van der Waals surface area contributed by atoms with Crippen LogP contribution in [0, 0.1) is 5.82 Å². The molecule has 0 saturated heterocycles. The van der Waals surface area contributed by atoms with Crippen LogP contribution in [0.25, 0.3) is 11.3 Å². The van der Waals surface area contributed by atoms with Crippen molar-refractivity contribution >= 4 is 11.6 Å². The molecule has 0 amide bonds. The van der Waals surface area contributed by atoms with Crippen LogP contribution in [0.15, 0.2) is 24.4 Å². The lowest BCUT2D eigenvalue weighted by molar-refractivity contribution is 0.628. The van der Waals surface area contributed by atoms with Crippen molar-refractivity contribution in [3.63, 3.8) is 0 Å². The number of hydrogen-bond acceptors (Lipinski definition) is 2. The Bertz CT molecular complexity index is 525. The number of aromatic amines is 1. The Morgan fingerprint density at radius 1 is 1.44 bits per heavy atom. The molecule has 0 aliphatic rings. The molecule has 18 heavy (non-hydrogen) atoms. The number of hydrogen-bond donors (Lipinski definition) is 2. The predicted molar refractivity (Wildman–Crippen MR) is 71.0 cm³/mol. The molecule has 0 spiro atoms. The molecule has 0 unspecified atom stereocenters. The van der Waals surface area contributed by atoms with Gasteiger partial charge >= 0.3 is 0 Å². The van der Waals surface area contributed by atoms with Crippen LogP contribution in [-0.4, -0.2) is 16.5 Å². The number of halogens is 2. The third kappa shape index (κ3) is 3.09. The molecule has 0 fully saturated rings. The number of H-pyrrole nitrogens is 1. The van der Waals surface area contributed by atoms with Gasteiger partial charge in [-0.05, 0) is 31.2 Å². The Kier molecular flexibility index (Phi) is 4.33. The Labute approximate surface area is 110 Å². The molecule has 2 aromatic rings. The van der Waals surface area contributed by atoms with Crippen molar-refractivity contribution in [3.05, 3.63) is 41.1 Å². The summed E-state index contributed by atoms with van der Waals surface area (Å²) in [4.78, 5) is 7.44. The van der Waals surface area contributed by atoms with Gasteiger partial charge in [-0.1, -0.05) is 18.5 Å². The predicted octanol–water partition coefficient (Wildman–Crippen LogP) is 3.37. The number of imidazole rings is 1. The zero-order valence-electron chi connectivity index (χ0n) is 10.1. The summed E-state index contributed by atoms with van der Waals surface area (Å²) in [7, 11) is 0.